The molecule has 1 unspecified atom stereocenters. The van der Waals surface area contributed by atoms with Crippen molar-refractivity contribution in [3.63, 3.8) is 0 Å². The van der Waals surface area contributed by atoms with Gasteiger partial charge in [0.15, 0.2) is 0 Å². The van der Waals surface area contributed by atoms with Crippen LogP contribution in [-0.2, 0) is 6.42 Å². The molecule has 2 aromatic carbocycles. The topological polar surface area (TPSA) is 50.8 Å². The van der Waals surface area contributed by atoms with Crippen LogP contribution >= 0.6 is 0 Å². The predicted molar refractivity (Wildman–Crippen MR) is 113 cm³/mol. The molecule has 0 radical (unpaired) electrons. The summed E-state index contributed by atoms with van der Waals surface area (Å²) in [4.78, 5) is 14.5. The molecule has 0 bridgehead atoms. The van der Waals surface area contributed by atoms with E-state index in [9.17, 15) is 4.79 Å². The Kier molecular flexibility index (Phi) is 6.57. The van der Waals surface area contributed by atoms with Crippen LogP contribution in [0.1, 0.15) is 44.2 Å². The number of fused-ring (bicyclic) bond motifs is 1. The molecule has 1 heterocycles. The molecule has 0 spiro atoms. The van der Waals surface area contributed by atoms with Gasteiger partial charge in [0.05, 0.1) is 0 Å². The molecule has 1 aliphatic rings. The van der Waals surface area contributed by atoms with Gasteiger partial charge in [-0.2, -0.15) is 0 Å². The molecule has 2 aromatic rings. The SMILES string of the molecule is CCCN(C)CC1Cc2cc(OC(=O)Nc3ccc(C(C)C)cc3)ccc2O1. The third-order valence-corrected chi connectivity index (χ3v) is 4.93. The average molecular weight is 383 g/mol. The van der Waals surface area contributed by atoms with Crippen LogP contribution < -0.4 is 14.8 Å². The maximum atomic E-state index is 12.2. The molecule has 0 aliphatic carbocycles. The number of hydrogen-bond acceptors (Lipinski definition) is 4. The van der Waals surface area contributed by atoms with Gasteiger partial charge in [0.1, 0.15) is 17.6 Å². The van der Waals surface area contributed by atoms with Crippen molar-refractivity contribution in [2.24, 2.45) is 0 Å². The lowest BCUT2D eigenvalue weighted by molar-refractivity contribution is 0.169. The van der Waals surface area contributed by atoms with Crippen LogP contribution in [0.25, 0.3) is 0 Å². The zero-order valence-corrected chi connectivity index (χ0v) is 17.2. The van der Waals surface area contributed by atoms with E-state index in [1.807, 2.05) is 36.4 Å². The van der Waals surface area contributed by atoms with E-state index in [4.69, 9.17) is 9.47 Å². The zero-order valence-electron chi connectivity index (χ0n) is 17.2. The minimum absolute atomic E-state index is 0.148. The molecule has 3 rings (SSSR count). The highest BCUT2D eigenvalue weighted by Crippen LogP contribution is 2.32. The Balaban J connectivity index is 1.55. The number of amides is 1. The Labute approximate surface area is 167 Å². The van der Waals surface area contributed by atoms with Crippen LogP contribution in [0.15, 0.2) is 42.5 Å². The smallest absolute Gasteiger partial charge is 0.417 e. The van der Waals surface area contributed by atoms with Crippen molar-refractivity contribution in [3.05, 3.63) is 53.6 Å². The highest BCUT2D eigenvalue weighted by Gasteiger charge is 2.24. The molecular formula is C23H30N2O3. The summed E-state index contributed by atoms with van der Waals surface area (Å²) >= 11 is 0. The lowest BCUT2D eigenvalue weighted by atomic mass is 10.0. The molecule has 28 heavy (non-hydrogen) atoms. The first-order valence-corrected chi connectivity index (χ1v) is 10.0. The second-order valence-corrected chi connectivity index (χ2v) is 7.77. The molecule has 1 atom stereocenters. The van der Waals surface area contributed by atoms with Gasteiger partial charge in [-0.3, -0.25) is 5.32 Å². The van der Waals surface area contributed by atoms with E-state index in [1.54, 1.807) is 6.07 Å². The third kappa shape index (κ3) is 5.26. The standard InChI is InChI=1S/C23H30N2O3/c1-5-12-25(4)15-21-14-18-13-20(10-11-22(18)27-21)28-23(26)24-19-8-6-17(7-9-19)16(2)3/h6-11,13,16,21H,5,12,14-15H2,1-4H3,(H,24,26). The van der Waals surface area contributed by atoms with Gasteiger partial charge in [0.2, 0.25) is 0 Å². The largest absolute Gasteiger partial charge is 0.488 e. The molecule has 5 nitrogen and oxygen atoms in total. The fraction of sp³-hybridized carbons (Fsp3) is 0.435. The quantitative estimate of drug-likeness (QED) is 0.727. The second-order valence-electron chi connectivity index (χ2n) is 7.77. The van der Waals surface area contributed by atoms with Crippen molar-refractivity contribution < 1.29 is 14.3 Å². The first-order valence-electron chi connectivity index (χ1n) is 10.0. The molecule has 0 saturated carbocycles. The van der Waals surface area contributed by atoms with Crippen molar-refractivity contribution in [2.45, 2.75) is 45.6 Å². The first-order chi connectivity index (χ1) is 13.4. The summed E-state index contributed by atoms with van der Waals surface area (Å²) < 4.78 is 11.5. The molecule has 0 fully saturated rings. The van der Waals surface area contributed by atoms with E-state index >= 15 is 0 Å². The molecule has 1 amide bonds. The minimum atomic E-state index is -0.490. The number of nitrogens with one attached hydrogen (secondary N) is 1. The molecule has 1 aliphatic heterocycles. The molecule has 1 N–H and O–H groups in total. The van der Waals surface area contributed by atoms with Crippen LogP contribution in [0.3, 0.4) is 0 Å². The maximum Gasteiger partial charge on any atom is 0.417 e. The Morgan fingerprint density at radius 2 is 2.00 bits per heavy atom. The monoisotopic (exact) mass is 382 g/mol. The number of carbonyl (C=O) groups excluding carboxylic acids is 1. The van der Waals surface area contributed by atoms with Gasteiger partial charge in [0.25, 0.3) is 0 Å². The van der Waals surface area contributed by atoms with Gasteiger partial charge in [-0.1, -0.05) is 32.9 Å². The van der Waals surface area contributed by atoms with Crippen molar-refractivity contribution in [1.29, 1.82) is 0 Å². The van der Waals surface area contributed by atoms with E-state index in [0.29, 0.717) is 11.7 Å². The zero-order chi connectivity index (χ0) is 20.1. The number of nitrogens with zero attached hydrogens (tertiary/aromatic N) is 1. The van der Waals surface area contributed by atoms with Crippen LogP contribution in [0, 0.1) is 0 Å². The Morgan fingerprint density at radius 1 is 1.25 bits per heavy atom. The number of carbonyl (C=O) groups is 1. The minimum Gasteiger partial charge on any atom is -0.488 e. The van der Waals surface area contributed by atoms with Gasteiger partial charge in [0, 0.05) is 24.2 Å². The Hall–Kier alpha value is -2.53. The highest BCUT2D eigenvalue weighted by molar-refractivity contribution is 5.86. The lowest BCUT2D eigenvalue weighted by Crippen LogP contribution is -2.32. The van der Waals surface area contributed by atoms with Crippen molar-refractivity contribution in [2.75, 3.05) is 25.5 Å². The van der Waals surface area contributed by atoms with E-state index in [1.165, 1.54) is 5.56 Å². The third-order valence-electron chi connectivity index (χ3n) is 4.93. The molecule has 0 saturated heterocycles. The summed E-state index contributed by atoms with van der Waals surface area (Å²) in [7, 11) is 2.11. The maximum absolute atomic E-state index is 12.2. The number of ether oxygens (including phenoxy) is 2. The predicted octanol–water partition coefficient (Wildman–Crippen LogP) is 5.07. The van der Waals surface area contributed by atoms with Gasteiger partial charge in [-0.05, 0) is 61.8 Å². The lowest BCUT2D eigenvalue weighted by Gasteiger charge is -2.19. The highest BCUT2D eigenvalue weighted by atomic mass is 16.6. The fourth-order valence-electron chi connectivity index (χ4n) is 3.48. The summed E-state index contributed by atoms with van der Waals surface area (Å²) in [5.74, 6) is 1.87. The van der Waals surface area contributed by atoms with Gasteiger partial charge in [-0.25, -0.2) is 4.79 Å². The van der Waals surface area contributed by atoms with E-state index in [0.717, 1.165) is 42.9 Å². The number of rotatable bonds is 7. The van der Waals surface area contributed by atoms with Gasteiger partial charge in [-0.15, -0.1) is 0 Å². The number of anilines is 1. The van der Waals surface area contributed by atoms with E-state index in [-0.39, 0.29) is 6.10 Å². The van der Waals surface area contributed by atoms with E-state index in [2.05, 4.69) is 38.0 Å². The second kappa shape index (κ2) is 9.11. The fourth-order valence-corrected chi connectivity index (χ4v) is 3.48. The Bertz CT molecular complexity index is 802. The van der Waals surface area contributed by atoms with Crippen LogP contribution in [0.4, 0.5) is 10.5 Å². The summed E-state index contributed by atoms with van der Waals surface area (Å²) in [5, 5.41) is 2.77. The summed E-state index contributed by atoms with van der Waals surface area (Å²) in [6, 6.07) is 13.4. The first kappa shape index (κ1) is 20.2. The molecule has 0 aromatic heterocycles. The summed E-state index contributed by atoms with van der Waals surface area (Å²) in [6.45, 7) is 8.41. The molecule has 150 valence electrons. The van der Waals surface area contributed by atoms with Crippen molar-refractivity contribution >= 4 is 11.8 Å². The van der Waals surface area contributed by atoms with Gasteiger partial charge < -0.3 is 14.4 Å². The van der Waals surface area contributed by atoms with Crippen molar-refractivity contribution in [1.82, 2.24) is 4.90 Å². The van der Waals surface area contributed by atoms with E-state index < -0.39 is 6.09 Å². The van der Waals surface area contributed by atoms with Crippen LogP contribution in [-0.4, -0.2) is 37.2 Å². The summed E-state index contributed by atoms with van der Waals surface area (Å²) in [5.41, 5.74) is 3.04. The molecule has 5 heteroatoms. The summed E-state index contributed by atoms with van der Waals surface area (Å²) in [6.07, 6.45) is 1.62. The van der Waals surface area contributed by atoms with Gasteiger partial charge >= 0.3 is 6.09 Å². The average Bonchev–Trinajstić information content (AvgIpc) is 3.03. The van der Waals surface area contributed by atoms with Crippen LogP contribution in [0.5, 0.6) is 11.5 Å². The van der Waals surface area contributed by atoms with Crippen molar-refractivity contribution in [3.8, 4) is 11.5 Å². The number of benzene rings is 2. The number of hydrogen-bond donors (Lipinski definition) is 1. The normalized spacial score (nSPS) is 15.4. The number of likely N-dealkylation sites (N-methyl/N-ethyl adjacent to an activating group) is 1. The Morgan fingerprint density at radius 3 is 2.68 bits per heavy atom. The van der Waals surface area contributed by atoms with Crippen LogP contribution in [0.2, 0.25) is 0 Å². The molecular weight excluding hydrogens is 352 g/mol.